The standard InChI is InChI=1S/C25H29N2OSSe.HI/c1-6-18(14-24-26(7-2)20-11-9-17(4)13-22(20)29-24)15-25-27(8-3)21-16-19(28-5)10-12-23(21)30-25;/h9-16H,6-8H2,1-5H3;1H/q+1;/p-1. The zero-order valence-electron chi connectivity index (χ0n) is 18.7. The van der Waals surface area contributed by atoms with E-state index in [9.17, 15) is 0 Å². The molecule has 164 valence electrons. The second kappa shape index (κ2) is 10.5. The topological polar surface area (TPSA) is 16.4 Å². The van der Waals surface area contributed by atoms with Crippen LogP contribution in [-0.4, -0.2) is 28.6 Å². The summed E-state index contributed by atoms with van der Waals surface area (Å²) in [6.07, 6.45) is 5.84. The normalized spacial score (nSPS) is 14.8. The minimum Gasteiger partial charge on any atom is -1.00 e. The van der Waals surface area contributed by atoms with Crippen LogP contribution >= 0.6 is 11.3 Å². The van der Waals surface area contributed by atoms with Gasteiger partial charge in [0, 0.05) is 0 Å². The third-order valence-corrected chi connectivity index (χ3v) is 8.91. The quantitative estimate of drug-likeness (QED) is 0.241. The molecule has 3 aromatic rings. The predicted octanol–water partition coefficient (Wildman–Crippen LogP) is 2.03. The Hall–Kier alpha value is -1.34. The molecule has 0 amide bonds. The van der Waals surface area contributed by atoms with Gasteiger partial charge in [-0.25, -0.2) is 0 Å². The van der Waals surface area contributed by atoms with Gasteiger partial charge in [0.05, 0.1) is 0 Å². The molecule has 0 saturated carbocycles. The van der Waals surface area contributed by atoms with Gasteiger partial charge in [0.15, 0.2) is 0 Å². The zero-order chi connectivity index (χ0) is 21.3. The van der Waals surface area contributed by atoms with Gasteiger partial charge in [-0.3, -0.25) is 0 Å². The summed E-state index contributed by atoms with van der Waals surface area (Å²) in [5.74, 6) is 0.931. The first-order valence-electron chi connectivity index (χ1n) is 10.6. The Morgan fingerprint density at radius 3 is 2.65 bits per heavy atom. The molecule has 6 heteroatoms. The van der Waals surface area contributed by atoms with Gasteiger partial charge in [-0.05, 0) is 0 Å². The van der Waals surface area contributed by atoms with Crippen LogP contribution in [0.2, 0.25) is 0 Å². The summed E-state index contributed by atoms with van der Waals surface area (Å²) in [6, 6.07) is 13.3. The summed E-state index contributed by atoms with van der Waals surface area (Å²) >= 11 is 2.22. The fourth-order valence-electron chi connectivity index (χ4n) is 3.85. The zero-order valence-corrected chi connectivity index (χ0v) is 23.4. The molecule has 0 spiro atoms. The van der Waals surface area contributed by atoms with E-state index >= 15 is 0 Å². The van der Waals surface area contributed by atoms with E-state index in [1.807, 2.05) is 11.3 Å². The van der Waals surface area contributed by atoms with Gasteiger partial charge in [0.25, 0.3) is 0 Å². The van der Waals surface area contributed by atoms with Crippen molar-refractivity contribution in [2.45, 2.75) is 40.7 Å². The van der Waals surface area contributed by atoms with Crippen LogP contribution in [0.15, 0.2) is 52.6 Å². The van der Waals surface area contributed by atoms with E-state index in [4.69, 9.17) is 4.74 Å². The van der Waals surface area contributed by atoms with Gasteiger partial charge < -0.3 is 24.0 Å². The molecule has 0 aliphatic carbocycles. The predicted molar refractivity (Wildman–Crippen MR) is 130 cm³/mol. The molecule has 1 aliphatic rings. The van der Waals surface area contributed by atoms with Crippen molar-refractivity contribution in [2.24, 2.45) is 0 Å². The minimum absolute atomic E-state index is 0. The fourth-order valence-corrected chi connectivity index (χ4v) is 7.63. The number of halogens is 1. The Labute approximate surface area is 213 Å². The van der Waals surface area contributed by atoms with E-state index in [0.29, 0.717) is 15.0 Å². The van der Waals surface area contributed by atoms with E-state index in [1.54, 1.807) is 7.11 Å². The van der Waals surface area contributed by atoms with E-state index in [0.717, 1.165) is 25.3 Å². The number of allylic oxidation sites excluding steroid dienone is 2. The Morgan fingerprint density at radius 1 is 1.16 bits per heavy atom. The Balaban J connectivity index is 0.00000272. The first-order valence-corrected chi connectivity index (χ1v) is 13.1. The molecule has 2 aromatic carbocycles. The molecule has 0 bridgehead atoms. The first kappa shape index (κ1) is 24.3. The maximum Gasteiger partial charge on any atom is -1.00 e. The van der Waals surface area contributed by atoms with Crippen molar-refractivity contribution < 1.29 is 33.3 Å². The maximum atomic E-state index is 5.46. The largest absolute Gasteiger partial charge is 1.00 e. The minimum atomic E-state index is 0. The summed E-state index contributed by atoms with van der Waals surface area (Å²) in [6.45, 7) is 10.8. The first-order chi connectivity index (χ1) is 14.6. The summed E-state index contributed by atoms with van der Waals surface area (Å²) in [7, 11) is 1.74. The molecule has 0 N–H and O–H groups in total. The number of hydrogen-bond donors (Lipinski definition) is 0. The number of anilines is 1. The molecule has 0 fully saturated rings. The Kier molecular flexibility index (Phi) is 8.25. The van der Waals surface area contributed by atoms with Crippen molar-refractivity contribution in [3.63, 3.8) is 0 Å². The molecule has 1 aliphatic heterocycles. The van der Waals surface area contributed by atoms with Crippen molar-refractivity contribution >= 4 is 52.7 Å². The molecule has 31 heavy (non-hydrogen) atoms. The molecule has 0 radical (unpaired) electrons. The van der Waals surface area contributed by atoms with Crippen molar-refractivity contribution in [2.75, 3.05) is 18.6 Å². The number of aromatic nitrogens is 1. The van der Waals surface area contributed by atoms with Crippen molar-refractivity contribution in [3.8, 4) is 5.75 Å². The van der Waals surface area contributed by atoms with Crippen molar-refractivity contribution in [1.82, 2.24) is 0 Å². The monoisotopic (exact) mass is 612 g/mol. The number of benzene rings is 2. The SMILES string of the molecule is CCC(=C/c1sc2cc(C)ccc2[n+]1CC)/C=C1\[Se]c2ccc(OC)cc2N1CC.[I-]. The number of methoxy groups -OCH3 is 1. The van der Waals surface area contributed by atoms with Gasteiger partial charge >= 0.3 is 190 Å². The molecular weight excluding hydrogens is 582 g/mol. The van der Waals surface area contributed by atoms with E-state index in [1.165, 1.54) is 41.1 Å². The van der Waals surface area contributed by atoms with Crippen molar-refractivity contribution in [1.29, 1.82) is 0 Å². The van der Waals surface area contributed by atoms with Crippen LogP contribution in [0, 0.1) is 6.92 Å². The second-order valence-electron chi connectivity index (χ2n) is 7.39. The molecule has 0 atom stereocenters. The number of ether oxygens (including phenoxy) is 1. The number of rotatable bonds is 6. The average molecular weight is 611 g/mol. The van der Waals surface area contributed by atoms with Gasteiger partial charge in [-0.15, -0.1) is 0 Å². The van der Waals surface area contributed by atoms with Crippen LogP contribution in [0.3, 0.4) is 0 Å². The second-order valence-corrected chi connectivity index (χ2v) is 10.7. The van der Waals surface area contributed by atoms with Crippen LogP contribution in [-0.2, 0) is 6.54 Å². The summed E-state index contributed by atoms with van der Waals surface area (Å²) in [5.41, 5.74) is 5.35. The van der Waals surface area contributed by atoms with E-state index in [-0.39, 0.29) is 24.0 Å². The maximum absolute atomic E-state index is 5.46. The Bertz CT molecular complexity index is 1150. The van der Waals surface area contributed by atoms with Gasteiger partial charge in [0.1, 0.15) is 0 Å². The Morgan fingerprint density at radius 2 is 1.97 bits per heavy atom. The van der Waals surface area contributed by atoms with E-state index in [2.05, 4.69) is 85.7 Å². The van der Waals surface area contributed by atoms with Gasteiger partial charge in [-0.2, -0.15) is 0 Å². The third-order valence-electron chi connectivity index (χ3n) is 5.48. The molecule has 1 aromatic heterocycles. The molecular formula is C25H29IN2OSSe. The van der Waals surface area contributed by atoms with Crippen LogP contribution in [0.4, 0.5) is 5.69 Å². The van der Waals surface area contributed by atoms with Crippen LogP contribution in [0.5, 0.6) is 5.75 Å². The van der Waals surface area contributed by atoms with Crippen molar-refractivity contribution in [3.05, 3.63) is 63.2 Å². The summed E-state index contributed by atoms with van der Waals surface area (Å²) in [5, 5.41) is 1.33. The number of thiazole rings is 1. The molecule has 3 nitrogen and oxygen atoms in total. The van der Waals surface area contributed by atoms with Gasteiger partial charge in [-0.1, -0.05) is 0 Å². The summed E-state index contributed by atoms with van der Waals surface area (Å²) in [4.78, 5) is 2.45. The van der Waals surface area contributed by atoms with Crippen LogP contribution in [0.25, 0.3) is 16.3 Å². The number of aryl methyl sites for hydroxylation is 2. The number of hydrogen-bond acceptors (Lipinski definition) is 3. The van der Waals surface area contributed by atoms with Crippen LogP contribution in [0.1, 0.15) is 37.8 Å². The molecule has 0 unspecified atom stereocenters. The van der Waals surface area contributed by atoms with Crippen LogP contribution < -0.4 is 42.6 Å². The van der Waals surface area contributed by atoms with Gasteiger partial charge in [0.2, 0.25) is 0 Å². The molecule has 0 saturated heterocycles. The third kappa shape index (κ3) is 4.87. The molecule has 2 heterocycles. The number of fused-ring (bicyclic) bond motifs is 2. The fraction of sp³-hybridized carbons (Fsp3) is 0.320. The average Bonchev–Trinajstić information content (AvgIpc) is 3.28. The smallest absolute Gasteiger partial charge is 1.00 e. The molecule has 4 rings (SSSR count). The summed E-state index contributed by atoms with van der Waals surface area (Å²) < 4.78 is 12.1. The van der Waals surface area contributed by atoms with E-state index < -0.39 is 0 Å². The number of nitrogens with zero attached hydrogens (tertiary/aromatic N) is 2.